The SMILES string of the molecule is COC(=O)C1CNCC(N2CCCC2)C1. The molecule has 2 heterocycles. The quantitative estimate of drug-likeness (QED) is 0.665. The molecule has 4 nitrogen and oxygen atoms in total. The van der Waals surface area contributed by atoms with Gasteiger partial charge in [-0.2, -0.15) is 0 Å². The van der Waals surface area contributed by atoms with Gasteiger partial charge in [0.2, 0.25) is 0 Å². The summed E-state index contributed by atoms with van der Waals surface area (Å²) in [5.41, 5.74) is 0. The van der Waals surface area contributed by atoms with E-state index in [9.17, 15) is 4.79 Å². The molecule has 0 aliphatic carbocycles. The highest BCUT2D eigenvalue weighted by Gasteiger charge is 2.31. The predicted molar refractivity (Wildman–Crippen MR) is 57.6 cm³/mol. The number of methoxy groups -OCH3 is 1. The molecule has 2 atom stereocenters. The molecular weight excluding hydrogens is 192 g/mol. The minimum Gasteiger partial charge on any atom is -0.469 e. The number of ether oxygens (including phenoxy) is 1. The molecular formula is C11H20N2O2. The Morgan fingerprint density at radius 2 is 2.07 bits per heavy atom. The predicted octanol–water partition coefficient (Wildman–Crippen LogP) is 0.233. The molecule has 2 fully saturated rings. The Morgan fingerprint density at radius 1 is 1.33 bits per heavy atom. The van der Waals surface area contributed by atoms with Gasteiger partial charge < -0.3 is 10.1 Å². The number of hydrogen-bond acceptors (Lipinski definition) is 4. The first-order valence-corrected chi connectivity index (χ1v) is 5.84. The van der Waals surface area contributed by atoms with Gasteiger partial charge in [-0.15, -0.1) is 0 Å². The molecule has 4 heteroatoms. The third-order valence-electron chi connectivity index (χ3n) is 3.52. The number of carbonyl (C=O) groups is 1. The van der Waals surface area contributed by atoms with Crippen molar-refractivity contribution in [2.24, 2.45) is 5.92 Å². The summed E-state index contributed by atoms with van der Waals surface area (Å²) >= 11 is 0. The number of esters is 1. The minimum absolute atomic E-state index is 0.0503. The van der Waals surface area contributed by atoms with E-state index in [-0.39, 0.29) is 11.9 Å². The first kappa shape index (κ1) is 10.9. The number of piperidine rings is 1. The van der Waals surface area contributed by atoms with Crippen LogP contribution in [-0.2, 0) is 9.53 Å². The van der Waals surface area contributed by atoms with Gasteiger partial charge in [0.1, 0.15) is 0 Å². The summed E-state index contributed by atoms with van der Waals surface area (Å²) < 4.78 is 4.80. The molecule has 2 aliphatic heterocycles. The zero-order valence-corrected chi connectivity index (χ0v) is 9.37. The maximum absolute atomic E-state index is 11.4. The molecule has 0 spiro atoms. The van der Waals surface area contributed by atoms with Gasteiger partial charge in [0.05, 0.1) is 13.0 Å². The Labute approximate surface area is 91.0 Å². The number of nitrogens with zero attached hydrogens (tertiary/aromatic N) is 1. The Morgan fingerprint density at radius 3 is 2.73 bits per heavy atom. The lowest BCUT2D eigenvalue weighted by atomic mass is 9.95. The summed E-state index contributed by atoms with van der Waals surface area (Å²) in [6.07, 6.45) is 3.57. The normalized spacial score (nSPS) is 32.9. The zero-order chi connectivity index (χ0) is 10.7. The van der Waals surface area contributed by atoms with Crippen molar-refractivity contribution >= 4 is 5.97 Å². The third-order valence-corrected chi connectivity index (χ3v) is 3.52. The van der Waals surface area contributed by atoms with E-state index in [0.29, 0.717) is 6.04 Å². The van der Waals surface area contributed by atoms with E-state index in [2.05, 4.69) is 10.2 Å². The van der Waals surface area contributed by atoms with Crippen LogP contribution in [0, 0.1) is 5.92 Å². The molecule has 0 aromatic carbocycles. The van der Waals surface area contributed by atoms with Crippen molar-refractivity contribution in [3.8, 4) is 0 Å². The minimum atomic E-state index is -0.0635. The van der Waals surface area contributed by atoms with Crippen LogP contribution >= 0.6 is 0 Å². The Balaban J connectivity index is 1.88. The maximum atomic E-state index is 11.4. The average Bonchev–Trinajstić information content (AvgIpc) is 2.82. The molecule has 0 saturated carbocycles. The van der Waals surface area contributed by atoms with Crippen molar-refractivity contribution in [2.75, 3.05) is 33.3 Å². The second-order valence-electron chi connectivity index (χ2n) is 4.51. The van der Waals surface area contributed by atoms with Crippen LogP contribution in [-0.4, -0.2) is 50.2 Å². The van der Waals surface area contributed by atoms with Crippen molar-refractivity contribution in [3.63, 3.8) is 0 Å². The molecule has 2 saturated heterocycles. The highest BCUT2D eigenvalue weighted by molar-refractivity contribution is 5.72. The Hall–Kier alpha value is -0.610. The van der Waals surface area contributed by atoms with Gasteiger partial charge in [-0.25, -0.2) is 0 Å². The second kappa shape index (κ2) is 4.94. The van der Waals surface area contributed by atoms with Gasteiger partial charge in [0.15, 0.2) is 0 Å². The molecule has 0 aromatic rings. The molecule has 2 unspecified atom stereocenters. The number of nitrogens with one attached hydrogen (secondary N) is 1. The summed E-state index contributed by atoms with van der Waals surface area (Å²) in [6, 6.07) is 0.533. The Kier molecular flexibility index (Phi) is 3.59. The van der Waals surface area contributed by atoms with Gasteiger partial charge in [-0.3, -0.25) is 9.69 Å². The van der Waals surface area contributed by atoms with Crippen molar-refractivity contribution in [1.82, 2.24) is 10.2 Å². The van der Waals surface area contributed by atoms with Crippen LogP contribution in [0.4, 0.5) is 0 Å². The third kappa shape index (κ3) is 2.49. The average molecular weight is 212 g/mol. The fourth-order valence-corrected chi connectivity index (χ4v) is 2.65. The smallest absolute Gasteiger partial charge is 0.310 e. The summed E-state index contributed by atoms with van der Waals surface area (Å²) in [6.45, 7) is 4.19. The van der Waals surface area contributed by atoms with Gasteiger partial charge in [-0.05, 0) is 32.4 Å². The number of rotatable bonds is 2. The van der Waals surface area contributed by atoms with Crippen LogP contribution in [0.1, 0.15) is 19.3 Å². The summed E-state index contributed by atoms with van der Waals surface area (Å²) in [7, 11) is 1.47. The number of carbonyl (C=O) groups excluding carboxylic acids is 1. The lowest BCUT2D eigenvalue weighted by Crippen LogP contribution is -2.50. The molecule has 0 bridgehead atoms. The molecule has 0 aromatic heterocycles. The number of hydrogen-bond donors (Lipinski definition) is 1. The van der Waals surface area contributed by atoms with Gasteiger partial charge in [0, 0.05) is 19.1 Å². The molecule has 86 valence electrons. The standard InChI is InChI=1S/C11H20N2O2/c1-15-11(14)9-6-10(8-12-7-9)13-4-2-3-5-13/h9-10,12H,2-8H2,1H3. The van der Waals surface area contributed by atoms with E-state index in [4.69, 9.17) is 4.74 Å². The van der Waals surface area contributed by atoms with Gasteiger partial charge in [-0.1, -0.05) is 0 Å². The Bertz CT molecular complexity index is 227. The van der Waals surface area contributed by atoms with Crippen molar-refractivity contribution in [1.29, 1.82) is 0 Å². The van der Waals surface area contributed by atoms with Crippen LogP contribution < -0.4 is 5.32 Å². The summed E-state index contributed by atoms with van der Waals surface area (Å²) in [5.74, 6) is -0.0132. The maximum Gasteiger partial charge on any atom is 0.310 e. The first-order valence-electron chi connectivity index (χ1n) is 5.84. The van der Waals surface area contributed by atoms with E-state index in [1.54, 1.807) is 0 Å². The van der Waals surface area contributed by atoms with E-state index in [1.165, 1.54) is 33.0 Å². The van der Waals surface area contributed by atoms with Crippen molar-refractivity contribution in [3.05, 3.63) is 0 Å². The lowest BCUT2D eigenvalue weighted by Gasteiger charge is -2.34. The second-order valence-corrected chi connectivity index (χ2v) is 4.51. The molecule has 2 aliphatic rings. The highest BCUT2D eigenvalue weighted by Crippen LogP contribution is 2.20. The summed E-state index contributed by atoms with van der Waals surface area (Å²) in [4.78, 5) is 13.9. The molecule has 2 rings (SSSR count). The zero-order valence-electron chi connectivity index (χ0n) is 9.37. The van der Waals surface area contributed by atoms with E-state index in [1.807, 2.05) is 0 Å². The van der Waals surface area contributed by atoms with Crippen LogP contribution in [0.25, 0.3) is 0 Å². The monoisotopic (exact) mass is 212 g/mol. The van der Waals surface area contributed by atoms with Crippen molar-refractivity contribution < 1.29 is 9.53 Å². The highest BCUT2D eigenvalue weighted by atomic mass is 16.5. The molecule has 15 heavy (non-hydrogen) atoms. The van der Waals surface area contributed by atoms with Crippen molar-refractivity contribution in [2.45, 2.75) is 25.3 Å². The topological polar surface area (TPSA) is 41.6 Å². The van der Waals surface area contributed by atoms with E-state index >= 15 is 0 Å². The molecule has 1 N–H and O–H groups in total. The van der Waals surface area contributed by atoms with E-state index in [0.717, 1.165) is 19.5 Å². The van der Waals surface area contributed by atoms with Crippen LogP contribution in [0.15, 0.2) is 0 Å². The molecule has 0 radical (unpaired) electrons. The fraction of sp³-hybridized carbons (Fsp3) is 0.909. The largest absolute Gasteiger partial charge is 0.469 e. The van der Waals surface area contributed by atoms with Crippen LogP contribution in [0.2, 0.25) is 0 Å². The van der Waals surface area contributed by atoms with Gasteiger partial charge in [0.25, 0.3) is 0 Å². The van der Waals surface area contributed by atoms with Crippen LogP contribution in [0.5, 0.6) is 0 Å². The van der Waals surface area contributed by atoms with Crippen LogP contribution in [0.3, 0.4) is 0 Å². The number of likely N-dealkylation sites (tertiary alicyclic amines) is 1. The lowest BCUT2D eigenvalue weighted by molar-refractivity contribution is -0.146. The van der Waals surface area contributed by atoms with E-state index < -0.39 is 0 Å². The summed E-state index contributed by atoms with van der Waals surface area (Å²) in [5, 5.41) is 3.33. The van der Waals surface area contributed by atoms with Gasteiger partial charge >= 0.3 is 5.97 Å². The first-order chi connectivity index (χ1) is 7.31. The fourth-order valence-electron chi connectivity index (χ4n) is 2.65. The molecule has 0 amide bonds.